The lowest BCUT2D eigenvalue weighted by Crippen LogP contribution is -2.26. The molecule has 0 radical (unpaired) electrons. The second-order valence-corrected chi connectivity index (χ2v) is 5.14. The summed E-state index contributed by atoms with van der Waals surface area (Å²) in [5.74, 6) is 0.631. The molecule has 0 saturated carbocycles. The highest BCUT2D eigenvalue weighted by Gasteiger charge is 2.16. The van der Waals surface area contributed by atoms with Gasteiger partial charge in [-0.2, -0.15) is 0 Å². The van der Waals surface area contributed by atoms with E-state index in [-0.39, 0.29) is 0 Å². The lowest BCUT2D eigenvalue weighted by molar-refractivity contribution is 0.375. The Labute approximate surface area is 116 Å². The van der Waals surface area contributed by atoms with Crippen LogP contribution in [0.4, 0.5) is 0 Å². The fourth-order valence-corrected chi connectivity index (χ4v) is 2.37. The Bertz CT molecular complexity index is 464. The molecule has 0 aliphatic carbocycles. The second-order valence-electron chi connectivity index (χ2n) is 5.14. The highest BCUT2D eigenvalue weighted by Crippen LogP contribution is 2.24. The molecule has 0 fully saturated rings. The maximum atomic E-state index is 3.70. The Morgan fingerprint density at radius 2 is 1.47 bits per heavy atom. The van der Waals surface area contributed by atoms with Crippen LogP contribution in [-0.4, -0.2) is 0 Å². The van der Waals surface area contributed by atoms with Gasteiger partial charge in [0, 0.05) is 12.6 Å². The summed E-state index contributed by atoms with van der Waals surface area (Å²) in [5, 5.41) is 3.70. The van der Waals surface area contributed by atoms with E-state index in [1.54, 1.807) is 0 Å². The van der Waals surface area contributed by atoms with Gasteiger partial charge in [0.2, 0.25) is 0 Å². The third kappa shape index (κ3) is 3.93. The molecule has 1 N–H and O–H groups in total. The standard InChI is InChI=1S/C18H23N/c1-3-15(2)18(17-12-8-5-9-13-17)19-14-16-10-6-4-7-11-16/h4-13,15,18-19H,3,14H2,1-2H3. The van der Waals surface area contributed by atoms with E-state index >= 15 is 0 Å². The SMILES string of the molecule is CCC(C)C(NCc1ccccc1)c1ccccc1. The smallest absolute Gasteiger partial charge is 0.0348 e. The van der Waals surface area contributed by atoms with Gasteiger partial charge in [-0.15, -0.1) is 0 Å². The van der Waals surface area contributed by atoms with Gasteiger partial charge in [0.25, 0.3) is 0 Å². The van der Waals surface area contributed by atoms with Crippen molar-refractivity contribution in [2.75, 3.05) is 0 Å². The highest BCUT2D eigenvalue weighted by atomic mass is 14.9. The Morgan fingerprint density at radius 3 is 2.05 bits per heavy atom. The summed E-state index contributed by atoms with van der Waals surface area (Å²) in [4.78, 5) is 0. The van der Waals surface area contributed by atoms with E-state index in [1.165, 1.54) is 17.5 Å². The predicted octanol–water partition coefficient (Wildman–Crippen LogP) is 4.56. The fraction of sp³-hybridized carbons (Fsp3) is 0.333. The van der Waals surface area contributed by atoms with Crippen molar-refractivity contribution in [2.24, 2.45) is 5.92 Å². The minimum Gasteiger partial charge on any atom is -0.306 e. The quantitative estimate of drug-likeness (QED) is 0.795. The van der Waals surface area contributed by atoms with Crippen molar-refractivity contribution >= 4 is 0 Å². The van der Waals surface area contributed by atoms with Crippen LogP contribution in [0.25, 0.3) is 0 Å². The molecular formula is C18H23N. The summed E-state index contributed by atoms with van der Waals surface area (Å²) < 4.78 is 0. The molecule has 0 aliphatic heterocycles. The van der Waals surface area contributed by atoms with Crippen molar-refractivity contribution in [3.05, 3.63) is 71.8 Å². The van der Waals surface area contributed by atoms with Crippen LogP contribution in [0.3, 0.4) is 0 Å². The minimum atomic E-state index is 0.423. The van der Waals surface area contributed by atoms with Crippen LogP contribution in [0, 0.1) is 5.92 Å². The first kappa shape index (κ1) is 13.8. The number of hydrogen-bond acceptors (Lipinski definition) is 1. The summed E-state index contributed by atoms with van der Waals surface area (Å²) in [7, 11) is 0. The summed E-state index contributed by atoms with van der Waals surface area (Å²) in [6.07, 6.45) is 1.18. The molecule has 0 spiro atoms. The Kier molecular flexibility index (Phi) is 5.17. The number of rotatable bonds is 6. The average molecular weight is 253 g/mol. The molecule has 2 unspecified atom stereocenters. The van der Waals surface area contributed by atoms with E-state index in [4.69, 9.17) is 0 Å². The first-order chi connectivity index (χ1) is 9.31. The maximum Gasteiger partial charge on any atom is 0.0348 e. The van der Waals surface area contributed by atoms with Gasteiger partial charge in [0.1, 0.15) is 0 Å². The second kappa shape index (κ2) is 7.10. The summed E-state index contributed by atoms with van der Waals surface area (Å²) in [5.41, 5.74) is 2.72. The van der Waals surface area contributed by atoms with E-state index in [2.05, 4.69) is 79.8 Å². The van der Waals surface area contributed by atoms with Crippen LogP contribution in [0.5, 0.6) is 0 Å². The minimum absolute atomic E-state index is 0.423. The number of nitrogens with one attached hydrogen (secondary N) is 1. The van der Waals surface area contributed by atoms with Crippen LogP contribution in [-0.2, 0) is 6.54 Å². The topological polar surface area (TPSA) is 12.0 Å². The predicted molar refractivity (Wildman–Crippen MR) is 81.9 cm³/mol. The van der Waals surface area contributed by atoms with Gasteiger partial charge in [0.15, 0.2) is 0 Å². The van der Waals surface area contributed by atoms with Crippen LogP contribution >= 0.6 is 0 Å². The molecular weight excluding hydrogens is 230 g/mol. The fourth-order valence-electron chi connectivity index (χ4n) is 2.37. The molecule has 0 saturated heterocycles. The van der Waals surface area contributed by atoms with Crippen molar-refractivity contribution < 1.29 is 0 Å². The molecule has 1 heteroatoms. The van der Waals surface area contributed by atoms with Crippen LogP contribution in [0.1, 0.15) is 37.4 Å². The lowest BCUT2D eigenvalue weighted by Gasteiger charge is -2.25. The molecule has 2 atom stereocenters. The first-order valence-corrected chi connectivity index (χ1v) is 7.13. The summed E-state index contributed by atoms with van der Waals surface area (Å²) in [6, 6.07) is 21.8. The molecule has 1 nitrogen and oxygen atoms in total. The molecule has 2 aromatic rings. The molecule has 0 heterocycles. The number of hydrogen-bond donors (Lipinski definition) is 1. The van der Waals surface area contributed by atoms with Crippen molar-refractivity contribution in [1.82, 2.24) is 5.32 Å². The van der Waals surface area contributed by atoms with E-state index in [1.807, 2.05) is 0 Å². The van der Waals surface area contributed by atoms with Gasteiger partial charge in [-0.1, -0.05) is 80.9 Å². The molecule has 0 bridgehead atoms. The van der Waals surface area contributed by atoms with Gasteiger partial charge in [-0.05, 0) is 17.0 Å². The molecule has 0 amide bonds. The van der Waals surface area contributed by atoms with Gasteiger partial charge >= 0.3 is 0 Å². The Balaban J connectivity index is 2.07. The molecule has 0 aromatic heterocycles. The number of benzene rings is 2. The maximum absolute atomic E-state index is 3.70. The first-order valence-electron chi connectivity index (χ1n) is 7.13. The molecule has 0 aliphatic rings. The van der Waals surface area contributed by atoms with E-state index in [0.29, 0.717) is 12.0 Å². The van der Waals surface area contributed by atoms with Crippen LogP contribution < -0.4 is 5.32 Å². The summed E-state index contributed by atoms with van der Waals surface area (Å²) in [6.45, 7) is 5.49. The Hall–Kier alpha value is -1.60. The molecule has 2 rings (SSSR count). The van der Waals surface area contributed by atoms with Crippen LogP contribution in [0.2, 0.25) is 0 Å². The molecule has 100 valence electrons. The summed E-state index contributed by atoms with van der Waals surface area (Å²) >= 11 is 0. The van der Waals surface area contributed by atoms with Gasteiger partial charge in [0.05, 0.1) is 0 Å². The normalized spacial score (nSPS) is 14.0. The van der Waals surface area contributed by atoms with E-state index in [0.717, 1.165) is 6.54 Å². The highest BCUT2D eigenvalue weighted by molar-refractivity contribution is 5.20. The van der Waals surface area contributed by atoms with Crippen LogP contribution in [0.15, 0.2) is 60.7 Å². The van der Waals surface area contributed by atoms with Crippen molar-refractivity contribution in [2.45, 2.75) is 32.9 Å². The third-order valence-corrected chi connectivity index (χ3v) is 3.74. The third-order valence-electron chi connectivity index (χ3n) is 3.74. The van der Waals surface area contributed by atoms with Crippen molar-refractivity contribution in [3.8, 4) is 0 Å². The van der Waals surface area contributed by atoms with E-state index < -0.39 is 0 Å². The van der Waals surface area contributed by atoms with Gasteiger partial charge in [-0.3, -0.25) is 0 Å². The molecule has 19 heavy (non-hydrogen) atoms. The zero-order valence-corrected chi connectivity index (χ0v) is 11.8. The largest absolute Gasteiger partial charge is 0.306 e. The lowest BCUT2D eigenvalue weighted by atomic mass is 9.92. The van der Waals surface area contributed by atoms with Crippen molar-refractivity contribution in [3.63, 3.8) is 0 Å². The average Bonchev–Trinajstić information content (AvgIpc) is 2.49. The van der Waals surface area contributed by atoms with Gasteiger partial charge < -0.3 is 5.32 Å². The van der Waals surface area contributed by atoms with Crippen molar-refractivity contribution in [1.29, 1.82) is 0 Å². The molecule has 2 aromatic carbocycles. The van der Waals surface area contributed by atoms with Gasteiger partial charge in [-0.25, -0.2) is 0 Å². The van der Waals surface area contributed by atoms with E-state index in [9.17, 15) is 0 Å². The monoisotopic (exact) mass is 253 g/mol. The zero-order valence-electron chi connectivity index (χ0n) is 11.8. The zero-order chi connectivity index (χ0) is 13.5. The Morgan fingerprint density at radius 1 is 0.895 bits per heavy atom.